The number of ether oxygens (including phenoxy) is 2. The molecule has 2 N–H and O–H groups in total. The zero-order valence-electron chi connectivity index (χ0n) is 22.5. The van der Waals surface area contributed by atoms with Crippen LogP contribution in [0, 0.1) is 5.92 Å². The smallest absolute Gasteiger partial charge is 0.495 e. The Morgan fingerprint density at radius 3 is 2.60 bits per heavy atom. The van der Waals surface area contributed by atoms with E-state index < -0.39 is 17.5 Å². The molecule has 0 saturated carbocycles. The average Bonchev–Trinajstić information content (AvgIpc) is 3.28. The third kappa shape index (κ3) is 7.36. The van der Waals surface area contributed by atoms with Gasteiger partial charge in [0, 0.05) is 31.4 Å². The van der Waals surface area contributed by atoms with Crippen LogP contribution in [0.3, 0.4) is 0 Å². The first-order chi connectivity index (χ1) is 20.2. The number of halogens is 3. The minimum Gasteiger partial charge on any atom is -0.495 e. The molecule has 5 rings (SSSR count). The Bertz CT molecular complexity index is 1490. The van der Waals surface area contributed by atoms with Crippen LogP contribution < -0.4 is 25.0 Å². The summed E-state index contributed by atoms with van der Waals surface area (Å²) >= 11 is 0.842. The maximum absolute atomic E-state index is 12.9. The third-order valence-electron chi connectivity index (χ3n) is 6.75. The van der Waals surface area contributed by atoms with E-state index >= 15 is 0 Å². The lowest BCUT2D eigenvalue weighted by atomic mass is 9.97. The molecule has 2 amide bonds. The number of hydrogen-bond donors (Lipinski definition) is 2. The molecule has 2 fully saturated rings. The van der Waals surface area contributed by atoms with Gasteiger partial charge in [-0.25, -0.2) is 15.0 Å². The summed E-state index contributed by atoms with van der Waals surface area (Å²) < 4.78 is 48.4. The number of aromatic nitrogens is 3. The van der Waals surface area contributed by atoms with Crippen LogP contribution in [0.1, 0.15) is 24.2 Å². The highest BCUT2D eigenvalue weighted by molar-refractivity contribution is 8.18. The molecule has 0 spiro atoms. The van der Waals surface area contributed by atoms with Crippen LogP contribution in [0.4, 0.5) is 23.9 Å². The van der Waals surface area contributed by atoms with E-state index in [2.05, 4.69) is 35.2 Å². The molecule has 0 aliphatic carbocycles. The van der Waals surface area contributed by atoms with Gasteiger partial charge in [-0.1, -0.05) is 12.1 Å². The van der Waals surface area contributed by atoms with Crippen LogP contribution in [0.25, 0.3) is 17.3 Å². The van der Waals surface area contributed by atoms with Gasteiger partial charge >= 0.3 is 6.36 Å². The number of nitrogens with zero attached hydrogens (tertiary/aromatic N) is 4. The van der Waals surface area contributed by atoms with Crippen molar-refractivity contribution in [2.45, 2.75) is 25.7 Å². The number of benzene rings is 1. The van der Waals surface area contributed by atoms with Crippen molar-refractivity contribution >= 4 is 34.9 Å². The number of hydrogen-bond acceptors (Lipinski definition) is 10. The Hall–Kier alpha value is -4.17. The van der Waals surface area contributed by atoms with Crippen LogP contribution >= 0.6 is 11.8 Å². The minimum absolute atomic E-state index is 0.229. The fourth-order valence-corrected chi connectivity index (χ4v) is 5.39. The number of piperidine rings is 1. The number of anilines is 1. The monoisotopic (exact) mass is 600 g/mol. The van der Waals surface area contributed by atoms with E-state index in [1.54, 1.807) is 36.5 Å². The first-order valence-electron chi connectivity index (χ1n) is 13.1. The molecule has 3 aromatic rings. The molecule has 220 valence electrons. The molecule has 2 saturated heterocycles. The van der Waals surface area contributed by atoms with Crippen molar-refractivity contribution in [3.05, 3.63) is 65.0 Å². The number of carbonyl (C=O) groups is 2. The van der Waals surface area contributed by atoms with Gasteiger partial charge in [0.25, 0.3) is 11.1 Å². The average molecular weight is 601 g/mol. The van der Waals surface area contributed by atoms with Gasteiger partial charge < -0.3 is 19.7 Å². The SMILES string of the molecule is COc1ccc(-c2ccccc2OC(F)(F)F)nc1CNCC1CCN(c2nccc(/C=C3\SC(=O)NC3=O)n2)CC1. The number of amides is 2. The molecule has 42 heavy (non-hydrogen) atoms. The molecule has 14 heteroatoms. The number of methoxy groups -OCH3 is 1. The van der Waals surface area contributed by atoms with E-state index in [1.165, 1.54) is 25.3 Å². The van der Waals surface area contributed by atoms with Crippen LogP contribution in [-0.2, 0) is 11.3 Å². The van der Waals surface area contributed by atoms with E-state index in [1.807, 2.05) is 0 Å². The lowest BCUT2D eigenvalue weighted by molar-refractivity contribution is -0.274. The van der Waals surface area contributed by atoms with E-state index in [4.69, 9.17) is 4.74 Å². The zero-order valence-corrected chi connectivity index (χ0v) is 23.3. The van der Waals surface area contributed by atoms with E-state index in [9.17, 15) is 22.8 Å². The second kappa shape index (κ2) is 12.8. The molecule has 0 atom stereocenters. The number of imide groups is 1. The Balaban J connectivity index is 1.17. The summed E-state index contributed by atoms with van der Waals surface area (Å²) in [6, 6.07) is 10.9. The normalized spacial score (nSPS) is 17.0. The summed E-state index contributed by atoms with van der Waals surface area (Å²) in [6.45, 7) is 2.57. The van der Waals surface area contributed by atoms with Crippen molar-refractivity contribution < 1.29 is 32.2 Å². The predicted octanol–water partition coefficient (Wildman–Crippen LogP) is 4.78. The summed E-state index contributed by atoms with van der Waals surface area (Å²) in [5, 5.41) is 5.23. The quantitative estimate of drug-likeness (QED) is 0.333. The van der Waals surface area contributed by atoms with Crippen molar-refractivity contribution in [2.75, 3.05) is 31.6 Å². The molecule has 2 aliphatic heterocycles. The predicted molar refractivity (Wildman–Crippen MR) is 151 cm³/mol. The minimum atomic E-state index is -4.82. The van der Waals surface area contributed by atoms with Crippen molar-refractivity contribution in [3.8, 4) is 22.8 Å². The van der Waals surface area contributed by atoms with E-state index in [0.29, 0.717) is 52.7 Å². The van der Waals surface area contributed by atoms with Gasteiger partial charge in [-0.05, 0) is 73.5 Å². The van der Waals surface area contributed by atoms with Crippen molar-refractivity contribution in [2.24, 2.45) is 5.92 Å². The van der Waals surface area contributed by atoms with Crippen molar-refractivity contribution in [3.63, 3.8) is 0 Å². The van der Waals surface area contributed by atoms with Crippen LogP contribution in [0.15, 0.2) is 53.6 Å². The molecule has 4 heterocycles. The lowest BCUT2D eigenvalue weighted by Gasteiger charge is -2.32. The molecule has 2 aliphatic rings. The van der Waals surface area contributed by atoms with Crippen LogP contribution in [-0.4, -0.2) is 59.2 Å². The topological polar surface area (TPSA) is 119 Å². The molecule has 0 unspecified atom stereocenters. The number of rotatable bonds is 9. The lowest BCUT2D eigenvalue weighted by Crippen LogP contribution is -2.38. The number of carbonyl (C=O) groups excluding carboxylic acids is 2. The highest BCUT2D eigenvalue weighted by Crippen LogP contribution is 2.34. The summed E-state index contributed by atoms with van der Waals surface area (Å²) in [5.74, 6) is 0.716. The second-order valence-electron chi connectivity index (χ2n) is 9.58. The van der Waals surface area contributed by atoms with Crippen LogP contribution in [0.2, 0.25) is 0 Å². The standard InChI is InChI=1S/C28H27F3N6O4S/c1-40-23-7-6-20(19-4-2-3-5-22(19)41-28(29,30)31)35-21(23)16-32-15-17-9-12-37(13-10-17)26-33-11-8-18(34-26)14-24-25(38)36-27(39)42-24/h2-8,11,14,17,32H,9-10,12-13,15-16H2,1H3,(H,36,38,39)/b24-14-. The fraction of sp³-hybridized carbons (Fsp3) is 0.321. The van der Waals surface area contributed by atoms with Gasteiger partial charge in [0.2, 0.25) is 5.95 Å². The fourth-order valence-electron chi connectivity index (χ4n) is 4.72. The Kier molecular flexibility index (Phi) is 8.92. The first kappa shape index (κ1) is 29.3. The van der Waals surface area contributed by atoms with Gasteiger partial charge in [-0.3, -0.25) is 14.9 Å². The van der Waals surface area contributed by atoms with Gasteiger partial charge in [0.1, 0.15) is 11.5 Å². The Morgan fingerprint density at radius 2 is 1.88 bits per heavy atom. The first-order valence-corrected chi connectivity index (χ1v) is 13.9. The third-order valence-corrected chi connectivity index (χ3v) is 7.56. The largest absolute Gasteiger partial charge is 0.573 e. The van der Waals surface area contributed by atoms with E-state index in [-0.39, 0.29) is 11.3 Å². The van der Waals surface area contributed by atoms with Crippen molar-refractivity contribution in [1.82, 2.24) is 25.6 Å². The van der Waals surface area contributed by atoms with Gasteiger partial charge in [0.15, 0.2) is 0 Å². The summed E-state index contributed by atoms with van der Waals surface area (Å²) in [6.07, 6.45) is 0.168. The molecular weight excluding hydrogens is 573 g/mol. The molecule has 0 bridgehead atoms. The number of pyridine rings is 1. The highest BCUT2D eigenvalue weighted by Gasteiger charge is 2.32. The van der Waals surface area contributed by atoms with Gasteiger partial charge in [-0.15, -0.1) is 13.2 Å². The summed E-state index contributed by atoms with van der Waals surface area (Å²) in [7, 11) is 1.52. The number of thioether (sulfide) groups is 1. The van der Waals surface area contributed by atoms with Gasteiger partial charge in [0.05, 0.1) is 29.1 Å². The molecular formula is C28H27F3N6O4S. The Labute approximate surface area is 243 Å². The molecule has 0 radical (unpaired) electrons. The highest BCUT2D eigenvalue weighted by atomic mass is 32.2. The molecule has 1 aromatic carbocycles. The number of alkyl halides is 3. The molecule has 10 nitrogen and oxygen atoms in total. The maximum Gasteiger partial charge on any atom is 0.573 e. The number of para-hydroxylation sites is 1. The summed E-state index contributed by atoms with van der Waals surface area (Å²) in [4.78, 5) is 39.1. The van der Waals surface area contributed by atoms with E-state index in [0.717, 1.165) is 37.7 Å². The van der Waals surface area contributed by atoms with Gasteiger partial charge in [-0.2, -0.15) is 0 Å². The number of nitrogens with one attached hydrogen (secondary N) is 2. The second-order valence-corrected chi connectivity index (χ2v) is 10.6. The van der Waals surface area contributed by atoms with Crippen molar-refractivity contribution in [1.29, 1.82) is 0 Å². The zero-order chi connectivity index (χ0) is 29.7. The summed E-state index contributed by atoms with van der Waals surface area (Å²) in [5.41, 5.74) is 1.70. The Morgan fingerprint density at radius 1 is 1.10 bits per heavy atom. The maximum atomic E-state index is 12.9. The molecule has 2 aromatic heterocycles. The van der Waals surface area contributed by atoms with Crippen LogP contribution in [0.5, 0.6) is 11.5 Å².